The number of pyridine rings is 2. The maximum absolute atomic E-state index is 11.2. The predicted octanol–water partition coefficient (Wildman–Crippen LogP) is 1.75. The fourth-order valence-electron chi connectivity index (χ4n) is 1.51. The molecule has 2 aromatic rings. The van der Waals surface area contributed by atoms with E-state index < -0.39 is 0 Å². The van der Waals surface area contributed by atoms with Crippen molar-refractivity contribution in [2.75, 3.05) is 7.11 Å². The standard InChI is InChI=1S/C12H12N2O2/c1-8-6-9(7-14-12(8)15)11-10(16-2)4-3-5-13-11/h3-7H,1-2H3,(H,14,15). The van der Waals surface area contributed by atoms with Crippen molar-refractivity contribution in [2.24, 2.45) is 0 Å². The van der Waals surface area contributed by atoms with Crippen molar-refractivity contribution in [3.63, 3.8) is 0 Å². The van der Waals surface area contributed by atoms with Gasteiger partial charge in [0, 0.05) is 23.5 Å². The Morgan fingerprint density at radius 2 is 2.25 bits per heavy atom. The number of methoxy groups -OCH3 is 1. The van der Waals surface area contributed by atoms with E-state index in [9.17, 15) is 4.79 Å². The molecule has 0 amide bonds. The summed E-state index contributed by atoms with van der Waals surface area (Å²) in [5, 5.41) is 0. The van der Waals surface area contributed by atoms with Gasteiger partial charge in [-0.15, -0.1) is 0 Å². The molecular formula is C12H12N2O2. The molecule has 2 aromatic heterocycles. The van der Waals surface area contributed by atoms with Crippen LogP contribution in [0.4, 0.5) is 0 Å². The van der Waals surface area contributed by atoms with Gasteiger partial charge in [-0.1, -0.05) is 0 Å². The van der Waals surface area contributed by atoms with Gasteiger partial charge in [-0.3, -0.25) is 9.78 Å². The quantitative estimate of drug-likeness (QED) is 0.832. The van der Waals surface area contributed by atoms with E-state index >= 15 is 0 Å². The van der Waals surface area contributed by atoms with E-state index in [4.69, 9.17) is 4.74 Å². The molecule has 0 unspecified atom stereocenters. The summed E-state index contributed by atoms with van der Waals surface area (Å²) in [4.78, 5) is 18.2. The third kappa shape index (κ3) is 1.82. The lowest BCUT2D eigenvalue weighted by atomic mass is 10.1. The van der Waals surface area contributed by atoms with Crippen molar-refractivity contribution >= 4 is 0 Å². The largest absolute Gasteiger partial charge is 0.494 e. The average molecular weight is 216 g/mol. The highest BCUT2D eigenvalue weighted by atomic mass is 16.5. The number of nitrogens with one attached hydrogen (secondary N) is 1. The number of hydrogen-bond donors (Lipinski definition) is 1. The van der Waals surface area contributed by atoms with E-state index in [2.05, 4.69) is 9.97 Å². The lowest BCUT2D eigenvalue weighted by Gasteiger charge is -2.06. The Kier molecular flexibility index (Phi) is 2.72. The van der Waals surface area contributed by atoms with Crippen LogP contribution in [0, 0.1) is 6.92 Å². The zero-order chi connectivity index (χ0) is 11.5. The van der Waals surface area contributed by atoms with Gasteiger partial charge < -0.3 is 9.72 Å². The second-order valence-corrected chi connectivity index (χ2v) is 3.45. The molecule has 0 radical (unpaired) electrons. The zero-order valence-corrected chi connectivity index (χ0v) is 9.15. The molecule has 0 aliphatic heterocycles. The van der Waals surface area contributed by atoms with Gasteiger partial charge in [0.05, 0.1) is 7.11 Å². The fraction of sp³-hybridized carbons (Fsp3) is 0.167. The van der Waals surface area contributed by atoms with E-state index in [-0.39, 0.29) is 5.56 Å². The summed E-state index contributed by atoms with van der Waals surface area (Å²) in [6, 6.07) is 5.44. The molecular weight excluding hydrogens is 204 g/mol. The molecule has 0 saturated carbocycles. The first kappa shape index (κ1) is 10.4. The minimum Gasteiger partial charge on any atom is -0.494 e. The highest BCUT2D eigenvalue weighted by Crippen LogP contribution is 2.26. The van der Waals surface area contributed by atoms with E-state index in [1.165, 1.54) is 0 Å². The number of rotatable bonds is 2. The molecule has 0 saturated heterocycles. The second kappa shape index (κ2) is 4.18. The number of hydrogen-bond acceptors (Lipinski definition) is 3. The van der Waals surface area contributed by atoms with Crippen molar-refractivity contribution in [2.45, 2.75) is 6.92 Å². The Bertz CT molecular complexity index is 561. The summed E-state index contributed by atoms with van der Waals surface area (Å²) in [5.41, 5.74) is 2.14. The van der Waals surface area contributed by atoms with Gasteiger partial charge in [-0.2, -0.15) is 0 Å². The van der Waals surface area contributed by atoms with E-state index in [1.54, 1.807) is 38.6 Å². The van der Waals surface area contributed by atoms with Crippen LogP contribution >= 0.6 is 0 Å². The van der Waals surface area contributed by atoms with Crippen LogP contribution in [-0.4, -0.2) is 17.1 Å². The third-order valence-electron chi connectivity index (χ3n) is 2.35. The summed E-state index contributed by atoms with van der Waals surface area (Å²) in [5.74, 6) is 0.689. The monoisotopic (exact) mass is 216 g/mol. The average Bonchev–Trinajstić information content (AvgIpc) is 2.32. The molecule has 1 N–H and O–H groups in total. The Morgan fingerprint density at radius 3 is 2.94 bits per heavy atom. The highest BCUT2D eigenvalue weighted by Gasteiger charge is 2.07. The minimum absolute atomic E-state index is 0.0846. The number of aromatic amines is 1. The SMILES string of the molecule is COc1cccnc1-c1c[nH]c(=O)c(C)c1. The molecule has 0 aliphatic rings. The fourth-order valence-corrected chi connectivity index (χ4v) is 1.51. The van der Waals surface area contributed by atoms with Crippen LogP contribution in [0.1, 0.15) is 5.56 Å². The van der Waals surface area contributed by atoms with Gasteiger partial charge in [-0.05, 0) is 25.1 Å². The summed E-state index contributed by atoms with van der Waals surface area (Å²) >= 11 is 0. The van der Waals surface area contributed by atoms with Crippen LogP contribution in [-0.2, 0) is 0 Å². The third-order valence-corrected chi connectivity index (χ3v) is 2.35. The molecule has 0 aromatic carbocycles. The van der Waals surface area contributed by atoms with Crippen molar-refractivity contribution in [1.29, 1.82) is 0 Å². The van der Waals surface area contributed by atoms with Crippen LogP contribution in [0.5, 0.6) is 5.75 Å². The van der Waals surface area contributed by atoms with Crippen LogP contribution in [0.3, 0.4) is 0 Å². The van der Waals surface area contributed by atoms with E-state index in [0.717, 1.165) is 11.3 Å². The van der Waals surface area contributed by atoms with Crippen molar-refractivity contribution in [1.82, 2.24) is 9.97 Å². The van der Waals surface area contributed by atoms with Crippen molar-refractivity contribution in [3.05, 3.63) is 46.5 Å². The first-order chi connectivity index (χ1) is 7.72. The number of H-pyrrole nitrogens is 1. The predicted molar refractivity (Wildman–Crippen MR) is 61.6 cm³/mol. The molecule has 0 aliphatic carbocycles. The van der Waals surface area contributed by atoms with Crippen LogP contribution in [0.15, 0.2) is 35.4 Å². The van der Waals surface area contributed by atoms with Crippen LogP contribution in [0.2, 0.25) is 0 Å². The molecule has 16 heavy (non-hydrogen) atoms. The van der Waals surface area contributed by atoms with Crippen LogP contribution < -0.4 is 10.3 Å². The lowest BCUT2D eigenvalue weighted by molar-refractivity contribution is 0.415. The Morgan fingerprint density at radius 1 is 1.44 bits per heavy atom. The number of ether oxygens (including phenoxy) is 1. The molecule has 0 fully saturated rings. The summed E-state index contributed by atoms with van der Waals surface area (Å²) in [7, 11) is 1.60. The van der Waals surface area contributed by atoms with Crippen molar-refractivity contribution < 1.29 is 4.74 Å². The first-order valence-corrected chi connectivity index (χ1v) is 4.91. The minimum atomic E-state index is -0.0846. The first-order valence-electron chi connectivity index (χ1n) is 4.91. The molecule has 0 bridgehead atoms. The van der Waals surface area contributed by atoms with E-state index in [1.807, 2.05) is 6.07 Å². The Balaban J connectivity index is 2.58. The second-order valence-electron chi connectivity index (χ2n) is 3.45. The smallest absolute Gasteiger partial charge is 0.250 e. The molecule has 4 heteroatoms. The van der Waals surface area contributed by atoms with Gasteiger partial charge in [-0.25, -0.2) is 0 Å². The molecule has 4 nitrogen and oxygen atoms in total. The van der Waals surface area contributed by atoms with E-state index in [0.29, 0.717) is 11.3 Å². The normalized spacial score (nSPS) is 10.1. The topological polar surface area (TPSA) is 55.0 Å². The number of aryl methyl sites for hydroxylation is 1. The molecule has 0 spiro atoms. The van der Waals surface area contributed by atoms with Gasteiger partial charge in [0.15, 0.2) is 0 Å². The van der Waals surface area contributed by atoms with Gasteiger partial charge >= 0.3 is 0 Å². The molecule has 0 atom stereocenters. The Labute approximate surface area is 92.9 Å². The molecule has 2 rings (SSSR count). The van der Waals surface area contributed by atoms with Crippen LogP contribution in [0.25, 0.3) is 11.3 Å². The Hall–Kier alpha value is -2.10. The summed E-state index contributed by atoms with van der Waals surface area (Å²) in [6.45, 7) is 1.76. The molecule has 82 valence electrons. The zero-order valence-electron chi connectivity index (χ0n) is 9.15. The summed E-state index contributed by atoms with van der Waals surface area (Å²) < 4.78 is 5.22. The van der Waals surface area contributed by atoms with Gasteiger partial charge in [0.25, 0.3) is 5.56 Å². The highest BCUT2D eigenvalue weighted by molar-refractivity contribution is 5.65. The molecule has 2 heterocycles. The number of nitrogens with zero attached hydrogens (tertiary/aromatic N) is 1. The van der Waals surface area contributed by atoms with Crippen molar-refractivity contribution in [3.8, 4) is 17.0 Å². The lowest BCUT2D eigenvalue weighted by Crippen LogP contribution is -2.08. The van der Waals surface area contributed by atoms with Gasteiger partial charge in [0.1, 0.15) is 11.4 Å². The summed E-state index contributed by atoms with van der Waals surface area (Å²) in [6.07, 6.45) is 3.33. The maximum atomic E-state index is 11.2. The maximum Gasteiger partial charge on any atom is 0.250 e. The number of aromatic nitrogens is 2. The van der Waals surface area contributed by atoms with Gasteiger partial charge in [0.2, 0.25) is 0 Å².